The Balaban J connectivity index is 1.36. The molecular weight excluding hydrogens is 537 g/mol. The zero-order valence-corrected chi connectivity index (χ0v) is 22.3. The summed E-state index contributed by atoms with van der Waals surface area (Å²) in [5.74, 6) is 2.93. The fourth-order valence-electron chi connectivity index (χ4n) is 4.54. The van der Waals surface area contributed by atoms with Crippen LogP contribution in [0, 0.1) is 0 Å². The van der Waals surface area contributed by atoms with Crippen molar-refractivity contribution in [1.82, 2.24) is 10.3 Å². The Morgan fingerprint density at radius 2 is 1.58 bits per heavy atom. The first kappa shape index (κ1) is 24.5. The van der Waals surface area contributed by atoms with E-state index in [1.165, 1.54) is 0 Å². The Kier molecular flexibility index (Phi) is 6.77. The summed E-state index contributed by atoms with van der Waals surface area (Å²) in [4.78, 5) is 6.66. The first-order valence-electron chi connectivity index (χ1n) is 12.0. The van der Waals surface area contributed by atoms with E-state index < -0.39 is 0 Å². The number of pyridine rings is 1. The first-order chi connectivity index (χ1) is 18.6. The van der Waals surface area contributed by atoms with Crippen molar-refractivity contribution in [3.05, 3.63) is 131 Å². The molecule has 1 saturated heterocycles. The van der Waals surface area contributed by atoms with Crippen LogP contribution in [0.5, 0.6) is 11.5 Å². The van der Waals surface area contributed by atoms with Crippen molar-refractivity contribution in [3.63, 3.8) is 0 Å². The van der Waals surface area contributed by atoms with E-state index in [-0.39, 0.29) is 12.1 Å². The highest BCUT2D eigenvalue weighted by Gasteiger charge is 2.42. The molecule has 0 unspecified atom stereocenters. The van der Waals surface area contributed by atoms with E-state index in [0.29, 0.717) is 20.9 Å². The number of nitrogens with zero attached hydrogens (tertiary/aromatic N) is 2. The summed E-state index contributed by atoms with van der Waals surface area (Å²) < 4.78 is 12.4. The average molecular weight is 558 g/mol. The number of hydrogen-bond donors (Lipinski definition) is 1. The molecule has 3 heterocycles. The topological polar surface area (TPSA) is 50.5 Å². The van der Waals surface area contributed by atoms with E-state index >= 15 is 0 Å². The van der Waals surface area contributed by atoms with Crippen LogP contribution >= 0.6 is 35.4 Å². The number of ether oxygens (including phenoxy) is 1. The fraction of sp³-hybridized carbons (Fsp3) is 0.0667. The molecule has 2 aromatic heterocycles. The van der Waals surface area contributed by atoms with Crippen molar-refractivity contribution in [3.8, 4) is 22.8 Å². The van der Waals surface area contributed by atoms with Crippen molar-refractivity contribution < 1.29 is 9.15 Å². The van der Waals surface area contributed by atoms with Gasteiger partial charge < -0.3 is 19.4 Å². The molecule has 0 amide bonds. The number of halogens is 2. The molecular formula is C30H21Cl2N3O2S. The maximum atomic E-state index is 6.41. The van der Waals surface area contributed by atoms with Crippen LogP contribution in [0.2, 0.25) is 10.0 Å². The number of para-hydroxylation sites is 1. The summed E-state index contributed by atoms with van der Waals surface area (Å²) >= 11 is 18.2. The highest BCUT2D eigenvalue weighted by molar-refractivity contribution is 7.80. The SMILES string of the molecule is S=C1N[C@H](c2ccccn2)[C@H](c2ccc(-c3ccc(Cl)c(Cl)c3)o2)N1c1ccc(Oc2ccccc2)cc1. The largest absolute Gasteiger partial charge is 0.459 e. The van der Waals surface area contributed by atoms with E-state index in [1.54, 1.807) is 18.3 Å². The number of benzene rings is 3. The van der Waals surface area contributed by atoms with E-state index in [2.05, 4.69) is 15.2 Å². The van der Waals surface area contributed by atoms with Gasteiger partial charge in [0.05, 0.1) is 21.8 Å². The summed E-state index contributed by atoms with van der Waals surface area (Å²) in [6, 6.07) is 32.2. The third-order valence-electron chi connectivity index (χ3n) is 6.31. The number of aromatic nitrogens is 1. The third-order valence-corrected chi connectivity index (χ3v) is 7.37. The zero-order valence-electron chi connectivity index (χ0n) is 19.9. The highest BCUT2D eigenvalue weighted by atomic mass is 35.5. The van der Waals surface area contributed by atoms with Gasteiger partial charge in [0, 0.05) is 17.4 Å². The minimum atomic E-state index is -0.283. The fourth-order valence-corrected chi connectivity index (χ4v) is 5.18. The average Bonchev–Trinajstić information content (AvgIpc) is 3.56. The van der Waals surface area contributed by atoms with Gasteiger partial charge in [-0.1, -0.05) is 47.5 Å². The summed E-state index contributed by atoms with van der Waals surface area (Å²) in [7, 11) is 0. The van der Waals surface area contributed by atoms with Gasteiger partial charge in [0.25, 0.3) is 0 Å². The van der Waals surface area contributed by atoms with Crippen LogP contribution in [-0.4, -0.2) is 10.1 Å². The predicted octanol–water partition coefficient (Wildman–Crippen LogP) is 8.62. The lowest BCUT2D eigenvalue weighted by Gasteiger charge is -2.26. The minimum absolute atomic E-state index is 0.225. The van der Waals surface area contributed by atoms with Gasteiger partial charge in [0.1, 0.15) is 29.1 Å². The Bertz CT molecular complexity index is 1580. The Morgan fingerprint density at radius 3 is 2.32 bits per heavy atom. The Labute approximate surface area is 235 Å². The molecule has 1 fully saturated rings. The Morgan fingerprint density at radius 1 is 0.816 bits per heavy atom. The normalized spacial score (nSPS) is 16.9. The highest BCUT2D eigenvalue weighted by Crippen LogP contribution is 2.43. The van der Waals surface area contributed by atoms with E-state index in [4.69, 9.17) is 44.6 Å². The molecule has 0 bridgehead atoms. The lowest BCUT2D eigenvalue weighted by molar-refractivity contribution is 0.439. The molecule has 1 aliphatic rings. The van der Waals surface area contributed by atoms with E-state index in [9.17, 15) is 0 Å². The summed E-state index contributed by atoms with van der Waals surface area (Å²) in [6.45, 7) is 0. The van der Waals surface area contributed by atoms with Crippen LogP contribution in [0.15, 0.2) is 114 Å². The van der Waals surface area contributed by atoms with Gasteiger partial charge in [-0.15, -0.1) is 0 Å². The number of furan rings is 1. The van der Waals surface area contributed by atoms with Gasteiger partial charge in [-0.25, -0.2) is 0 Å². The van der Waals surface area contributed by atoms with Crippen LogP contribution < -0.4 is 15.0 Å². The van der Waals surface area contributed by atoms with E-state index in [0.717, 1.165) is 34.2 Å². The lowest BCUT2D eigenvalue weighted by Crippen LogP contribution is -2.29. The van der Waals surface area contributed by atoms with Crippen molar-refractivity contribution in [2.75, 3.05) is 4.90 Å². The molecule has 3 aromatic carbocycles. The minimum Gasteiger partial charge on any atom is -0.459 e. The smallest absolute Gasteiger partial charge is 0.174 e. The molecule has 5 nitrogen and oxygen atoms in total. The quantitative estimate of drug-likeness (QED) is 0.211. The maximum Gasteiger partial charge on any atom is 0.174 e. The molecule has 0 saturated carbocycles. The number of hydrogen-bond acceptors (Lipinski definition) is 4. The van der Waals surface area contributed by atoms with Gasteiger partial charge in [-0.3, -0.25) is 4.98 Å². The maximum absolute atomic E-state index is 6.41. The number of nitrogens with one attached hydrogen (secondary N) is 1. The van der Waals surface area contributed by atoms with E-state index in [1.807, 2.05) is 91.0 Å². The van der Waals surface area contributed by atoms with Crippen molar-refractivity contribution in [2.45, 2.75) is 12.1 Å². The molecule has 0 spiro atoms. The second-order valence-corrected chi connectivity index (χ2v) is 9.94. The van der Waals surface area contributed by atoms with Gasteiger partial charge in [0.2, 0.25) is 0 Å². The van der Waals surface area contributed by atoms with Crippen LogP contribution in [0.1, 0.15) is 23.5 Å². The van der Waals surface area contributed by atoms with Crippen molar-refractivity contribution in [1.29, 1.82) is 0 Å². The lowest BCUT2D eigenvalue weighted by atomic mass is 10.0. The molecule has 0 radical (unpaired) electrons. The van der Waals surface area contributed by atoms with Gasteiger partial charge in [0.15, 0.2) is 5.11 Å². The molecule has 2 atom stereocenters. The van der Waals surface area contributed by atoms with Gasteiger partial charge in [-0.05, 0) is 91.1 Å². The van der Waals surface area contributed by atoms with Gasteiger partial charge >= 0.3 is 0 Å². The van der Waals surface area contributed by atoms with Crippen LogP contribution in [0.4, 0.5) is 5.69 Å². The van der Waals surface area contributed by atoms with Crippen LogP contribution in [0.25, 0.3) is 11.3 Å². The summed E-state index contributed by atoms with van der Waals surface area (Å²) in [6.07, 6.45) is 1.78. The molecule has 188 valence electrons. The first-order valence-corrected chi connectivity index (χ1v) is 13.1. The monoisotopic (exact) mass is 557 g/mol. The van der Waals surface area contributed by atoms with Gasteiger partial charge in [-0.2, -0.15) is 0 Å². The molecule has 6 rings (SSSR count). The van der Waals surface area contributed by atoms with Crippen LogP contribution in [-0.2, 0) is 0 Å². The molecule has 38 heavy (non-hydrogen) atoms. The molecule has 1 aliphatic heterocycles. The Hall–Kier alpha value is -3.84. The molecule has 1 N–H and O–H groups in total. The molecule has 0 aliphatic carbocycles. The second-order valence-electron chi connectivity index (χ2n) is 8.74. The predicted molar refractivity (Wildman–Crippen MR) is 155 cm³/mol. The standard InChI is InChI=1S/C30H21Cl2N3O2S/c31-23-14-9-19(18-24(23)32)26-15-16-27(37-26)29-28(25-8-4-5-17-33-25)34-30(38)35(29)20-10-12-22(13-11-20)36-21-6-2-1-3-7-21/h1-18,28-29H,(H,34,38)/t28-,29+/m1/s1. The molecule has 8 heteroatoms. The summed E-state index contributed by atoms with van der Waals surface area (Å²) in [5.41, 5.74) is 2.60. The summed E-state index contributed by atoms with van der Waals surface area (Å²) in [5, 5.41) is 4.99. The molecule has 5 aromatic rings. The van der Waals surface area contributed by atoms with Crippen LogP contribution in [0.3, 0.4) is 0 Å². The zero-order chi connectivity index (χ0) is 26.1. The second kappa shape index (κ2) is 10.5. The van der Waals surface area contributed by atoms with Crippen molar-refractivity contribution in [2.24, 2.45) is 0 Å². The number of rotatable bonds is 6. The number of anilines is 1. The van der Waals surface area contributed by atoms with Crippen molar-refractivity contribution >= 4 is 46.2 Å². The number of thiocarbonyl (C=S) groups is 1. The third kappa shape index (κ3) is 4.86.